The summed E-state index contributed by atoms with van der Waals surface area (Å²) in [5, 5.41) is 3.78. The van der Waals surface area contributed by atoms with Gasteiger partial charge in [0.1, 0.15) is 16.4 Å². The van der Waals surface area contributed by atoms with Crippen LogP contribution in [0.3, 0.4) is 0 Å². The van der Waals surface area contributed by atoms with Gasteiger partial charge in [-0.15, -0.1) is 0 Å². The summed E-state index contributed by atoms with van der Waals surface area (Å²) in [5.74, 6) is 0.778. The van der Waals surface area contributed by atoms with Crippen molar-refractivity contribution in [3.8, 4) is 5.75 Å². The normalized spacial score (nSPS) is 11.6. The number of anilines is 1. The molecule has 0 aliphatic carbocycles. The Hall–Kier alpha value is -2.06. The number of hydrogen-bond acceptors (Lipinski definition) is 6. The lowest BCUT2D eigenvalue weighted by Crippen LogP contribution is -2.24. The summed E-state index contributed by atoms with van der Waals surface area (Å²) in [5.41, 5.74) is 7.42. The van der Waals surface area contributed by atoms with E-state index in [1.807, 2.05) is 0 Å². The fraction of sp³-hybridized carbons (Fsp3) is 0.308. The first-order valence-corrected chi connectivity index (χ1v) is 7.68. The molecule has 2 aromatic rings. The number of aromatic nitrogens is 1. The Kier molecular flexibility index (Phi) is 4.19. The minimum atomic E-state index is -3.73. The predicted octanol–water partition coefficient (Wildman–Crippen LogP) is 1.36. The van der Waals surface area contributed by atoms with Crippen LogP contribution in [0.1, 0.15) is 17.0 Å². The zero-order valence-electron chi connectivity index (χ0n) is 12.0. The number of methoxy groups -OCH3 is 1. The van der Waals surface area contributed by atoms with E-state index in [4.69, 9.17) is 15.0 Å². The lowest BCUT2D eigenvalue weighted by molar-refractivity contribution is 0.392. The standard InChI is InChI=1S/C13H17N3O4S/c1-8-11(9(2)20-16-8)7-15-21(17,18)13-5-4-10(14)6-12(13)19-3/h4-6,15H,7,14H2,1-3H3. The minimum Gasteiger partial charge on any atom is -0.495 e. The first kappa shape index (κ1) is 15.3. The van der Waals surface area contributed by atoms with Crippen LogP contribution in [0.2, 0.25) is 0 Å². The highest BCUT2D eigenvalue weighted by atomic mass is 32.2. The maximum atomic E-state index is 12.4. The molecule has 0 saturated heterocycles. The molecule has 0 aliphatic heterocycles. The van der Waals surface area contributed by atoms with Crippen LogP contribution in [0.4, 0.5) is 5.69 Å². The Morgan fingerprint density at radius 3 is 2.67 bits per heavy atom. The third kappa shape index (κ3) is 3.17. The molecule has 0 atom stereocenters. The van der Waals surface area contributed by atoms with Gasteiger partial charge in [0.15, 0.2) is 0 Å². The maximum Gasteiger partial charge on any atom is 0.244 e. The molecule has 0 fully saturated rings. The molecule has 0 spiro atoms. The van der Waals surface area contributed by atoms with Gasteiger partial charge in [-0.05, 0) is 26.0 Å². The van der Waals surface area contributed by atoms with Crippen molar-refractivity contribution >= 4 is 15.7 Å². The highest BCUT2D eigenvalue weighted by Crippen LogP contribution is 2.26. The van der Waals surface area contributed by atoms with Gasteiger partial charge in [-0.2, -0.15) is 0 Å². The molecule has 1 aromatic carbocycles. The van der Waals surface area contributed by atoms with Crippen LogP contribution in [0, 0.1) is 13.8 Å². The first-order chi connectivity index (χ1) is 9.85. The van der Waals surface area contributed by atoms with Crippen molar-refractivity contribution in [3.63, 3.8) is 0 Å². The van der Waals surface area contributed by atoms with E-state index in [2.05, 4.69) is 9.88 Å². The van der Waals surface area contributed by atoms with Crippen LogP contribution in [0.15, 0.2) is 27.6 Å². The lowest BCUT2D eigenvalue weighted by Gasteiger charge is -2.11. The monoisotopic (exact) mass is 311 g/mol. The van der Waals surface area contributed by atoms with Gasteiger partial charge in [0.25, 0.3) is 0 Å². The van der Waals surface area contributed by atoms with Gasteiger partial charge in [0, 0.05) is 23.9 Å². The molecule has 0 unspecified atom stereocenters. The van der Waals surface area contributed by atoms with Crippen molar-refractivity contribution in [1.82, 2.24) is 9.88 Å². The molecule has 8 heteroatoms. The van der Waals surface area contributed by atoms with E-state index in [9.17, 15) is 8.42 Å². The van der Waals surface area contributed by atoms with Crippen molar-refractivity contribution in [2.24, 2.45) is 0 Å². The van der Waals surface area contributed by atoms with E-state index in [1.165, 1.54) is 25.3 Å². The van der Waals surface area contributed by atoms with Gasteiger partial charge in [-0.25, -0.2) is 13.1 Å². The first-order valence-electron chi connectivity index (χ1n) is 6.20. The fourth-order valence-electron chi connectivity index (χ4n) is 1.91. The summed E-state index contributed by atoms with van der Waals surface area (Å²) >= 11 is 0. The third-order valence-corrected chi connectivity index (χ3v) is 4.54. The molecule has 1 aromatic heterocycles. The van der Waals surface area contributed by atoms with Gasteiger partial charge < -0.3 is 15.0 Å². The number of nitrogens with two attached hydrogens (primary N) is 1. The Balaban J connectivity index is 2.27. The van der Waals surface area contributed by atoms with E-state index in [0.29, 0.717) is 22.7 Å². The van der Waals surface area contributed by atoms with Crippen molar-refractivity contribution in [2.45, 2.75) is 25.3 Å². The number of benzene rings is 1. The molecule has 0 saturated carbocycles. The average molecular weight is 311 g/mol. The molecule has 7 nitrogen and oxygen atoms in total. The second kappa shape index (κ2) is 5.74. The second-order valence-electron chi connectivity index (χ2n) is 4.54. The van der Waals surface area contributed by atoms with Crippen molar-refractivity contribution < 1.29 is 17.7 Å². The average Bonchev–Trinajstić information content (AvgIpc) is 2.75. The number of nitrogen functional groups attached to an aromatic ring is 1. The number of aryl methyl sites for hydroxylation is 2. The molecule has 1 heterocycles. The third-order valence-electron chi connectivity index (χ3n) is 3.10. The van der Waals surface area contributed by atoms with Crippen LogP contribution in [-0.2, 0) is 16.6 Å². The minimum absolute atomic E-state index is 0.0333. The van der Waals surface area contributed by atoms with Gasteiger partial charge >= 0.3 is 0 Å². The van der Waals surface area contributed by atoms with E-state index in [1.54, 1.807) is 13.8 Å². The van der Waals surface area contributed by atoms with E-state index in [0.717, 1.165) is 0 Å². The van der Waals surface area contributed by atoms with Crippen LogP contribution >= 0.6 is 0 Å². The predicted molar refractivity (Wildman–Crippen MR) is 77.4 cm³/mol. The number of nitrogens with zero attached hydrogens (tertiary/aromatic N) is 1. The van der Waals surface area contributed by atoms with Crippen LogP contribution in [0.5, 0.6) is 5.75 Å². The Morgan fingerprint density at radius 1 is 1.38 bits per heavy atom. The molecular weight excluding hydrogens is 294 g/mol. The Labute approximate surface area is 123 Å². The van der Waals surface area contributed by atoms with Crippen LogP contribution < -0.4 is 15.2 Å². The number of rotatable bonds is 5. The smallest absolute Gasteiger partial charge is 0.244 e. The summed E-state index contributed by atoms with van der Waals surface area (Å²) < 4.78 is 37.3. The summed E-state index contributed by atoms with van der Waals surface area (Å²) in [6.07, 6.45) is 0. The molecule has 114 valence electrons. The molecule has 3 N–H and O–H groups in total. The highest BCUT2D eigenvalue weighted by molar-refractivity contribution is 7.89. The quantitative estimate of drug-likeness (QED) is 0.807. The Bertz CT molecular complexity index is 733. The van der Waals surface area contributed by atoms with Gasteiger partial charge in [-0.1, -0.05) is 5.16 Å². The molecular formula is C13H17N3O4S. The Morgan fingerprint density at radius 2 is 2.10 bits per heavy atom. The molecule has 2 rings (SSSR count). The zero-order valence-corrected chi connectivity index (χ0v) is 12.8. The van der Waals surface area contributed by atoms with E-state index in [-0.39, 0.29) is 17.2 Å². The number of hydrogen-bond donors (Lipinski definition) is 2. The summed E-state index contributed by atoms with van der Waals surface area (Å²) in [7, 11) is -2.34. The zero-order chi connectivity index (χ0) is 15.6. The molecule has 0 amide bonds. The molecule has 0 radical (unpaired) electrons. The van der Waals surface area contributed by atoms with E-state index >= 15 is 0 Å². The molecule has 0 aliphatic rings. The van der Waals surface area contributed by atoms with Gasteiger partial charge in [-0.3, -0.25) is 0 Å². The summed E-state index contributed by atoms with van der Waals surface area (Å²) in [6, 6.07) is 4.38. The number of nitrogens with one attached hydrogen (secondary N) is 1. The second-order valence-corrected chi connectivity index (χ2v) is 6.27. The van der Waals surface area contributed by atoms with Crippen molar-refractivity contribution in [2.75, 3.05) is 12.8 Å². The molecule has 21 heavy (non-hydrogen) atoms. The number of sulfonamides is 1. The SMILES string of the molecule is COc1cc(N)ccc1S(=O)(=O)NCc1c(C)noc1C. The number of ether oxygens (including phenoxy) is 1. The summed E-state index contributed by atoms with van der Waals surface area (Å²) in [6.45, 7) is 3.58. The van der Waals surface area contributed by atoms with Gasteiger partial charge in [0.05, 0.1) is 12.8 Å². The molecule has 0 bridgehead atoms. The van der Waals surface area contributed by atoms with Crippen molar-refractivity contribution in [3.05, 3.63) is 35.2 Å². The lowest BCUT2D eigenvalue weighted by atomic mass is 10.2. The maximum absolute atomic E-state index is 12.4. The van der Waals surface area contributed by atoms with Crippen LogP contribution in [0.25, 0.3) is 0 Å². The largest absolute Gasteiger partial charge is 0.495 e. The van der Waals surface area contributed by atoms with Crippen molar-refractivity contribution in [1.29, 1.82) is 0 Å². The highest BCUT2D eigenvalue weighted by Gasteiger charge is 2.21. The van der Waals surface area contributed by atoms with Crippen LogP contribution in [-0.4, -0.2) is 20.7 Å². The summed E-state index contributed by atoms with van der Waals surface area (Å²) in [4.78, 5) is 0.0333. The fourth-order valence-corrected chi connectivity index (χ4v) is 3.05. The van der Waals surface area contributed by atoms with E-state index < -0.39 is 10.0 Å². The van der Waals surface area contributed by atoms with Gasteiger partial charge in [0.2, 0.25) is 10.0 Å². The topological polar surface area (TPSA) is 107 Å².